The van der Waals surface area contributed by atoms with E-state index in [1.165, 1.54) is 0 Å². The van der Waals surface area contributed by atoms with Crippen LogP contribution in [0.2, 0.25) is 0 Å². The topological polar surface area (TPSA) is 34.1 Å². The molecule has 0 aliphatic heterocycles. The Morgan fingerprint density at radius 2 is 1.83 bits per heavy atom. The largest absolute Gasteiger partial charge is 0.299 e. The molecule has 0 unspecified atom stereocenters. The Labute approximate surface area is 73.3 Å². The molecule has 1 aliphatic carbocycles. The van der Waals surface area contributed by atoms with Crippen LogP contribution < -0.4 is 0 Å². The van der Waals surface area contributed by atoms with E-state index in [0.29, 0.717) is 12.8 Å². The molecule has 1 atom stereocenters. The minimum absolute atomic E-state index is 0.137. The van der Waals surface area contributed by atoms with Gasteiger partial charge in [0.2, 0.25) is 0 Å². The Balaban J connectivity index is 3.10. The summed E-state index contributed by atoms with van der Waals surface area (Å²) in [6.45, 7) is 7.24. The highest BCUT2D eigenvalue weighted by Crippen LogP contribution is 2.50. The van der Waals surface area contributed by atoms with Crippen molar-refractivity contribution < 1.29 is 9.59 Å². The number of hydrogen-bond acceptors (Lipinski definition) is 2. The number of carbonyl (C=O) groups excluding carboxylic acids is 2. The van der Waals surface area contributed by atoms with E-state index in [1.807, 2.05) is 20.8 Å². The first-order valence-corrected chi connectivity index (χ1v) is 4.37. The number of ketones is 2. The van der Waals surface area contributed by atoms with Gasteiger partial charge in [-0.2, -0.15) is 0 Å². The highest BCUT2D eigenvalue weighted by atomic mass is 16.1. The van der Waals surface area contributed by atoms with Crippen molar-refractivity contribution in [3.05, 3.63) is 0 Å². The normalized spacial score (nSPS) is 33.8. The fourth-order valence-corrected chi connectivity index (χ4v) is 1.91. The van der Waals surface area contributed by atoms with Crippen molar-refractivity contribution in [3.8, 4) is 0 Å². The van der Waals surface area contributed by atoms with E-state index < -0.39 is 10.8 Å². The monoisotopic (exact) mass is 168 g/mol. The molecule has 0 spiro atoms. The Bertz CT molecular complexity index is 240. The summed E-state index contributed by atoms with van der Waals surface area (Å²) in [5.41, 5.74) is -0.886. The van der Waals surface area contributed by atoms with Gasteiger partial charge in [0.1, 0.15) is 11.6 Å². The zero-order valence-electron chi connectivity index (χ0n) is 8.23. The fraction of sp³-hybridized carbons (Fsp3) is 0.800. The van der Waals surface area contributed by atoms with Gasteiger partial charge in [-0.05, 0) is 13.3 Å². The Morgan fingerprint density at radius 3 is 2.00 bits per heavy atom. The SMILES string of the molecule is CC(=O)[C@]1(C)CCC(=O)C1(C)C. The summed E-state index contributed by atoms with van der Waals surface area (Å²) in [5.74, 6) is 0.360. The zero-order valence-corrected chi connectivity index (χ0v) is 8.23. The standard InChI is InChI=1S/C10H16O2/c1-7(11)10(4)6-5-8(12)9(10,2)3/h5-6H2,1-4H3/t10-/m0/s1. The lowest BCUT2D eigenvalue weighted by atomic mass is 9.67. The molecule has 0 N–H and O–H groups in total. The van der Waals surface area contributed by atoms with Crippen LogP contribution in [0.25, 0.3) is 0 Å². The molecule has 0 aromatic carbocycles. The minimum atomic E-state index is -0.459. The van der Waals surface area contributed by atoms with Crippen molar-refractivity contribution in [2.24, 2.45) is 10.8 Å². The first-order chi connectivity index (χ1) is 5.32. The molecule has 0 aromatic rings. The van der Waals surface area contributed by atoms with Crippen LogP contribution in [0.4, 0.5) is 0 Å². The highest BCUT2D eigenvalue weighted by molar-refractivity contribution is 5.97. The molecule has 2 nitrogen and oxygen atoms in total. The lowest BCUT2D eigenvalue weighted by Gasteiger charge is -2.34. The third-order valence-electron chi connectivity index (χ3n) is 3.71. The predicted octanol–water partition coefficient (Wildman–Crippen LogP) is 1.97. The van der Waals surface area contributed by atoms with Crippen molar-refractivity contribution >= 4 is 11.6 Å². The van der Waals surface area contributed by atoms with Gasteiger partial charge >= 0.3 is 0 Å². The van der Waals surface area contributed by atoms with Crippen LogP contribution in [0.15, 0.2) is 0 Å². The summed E-state index contributed by atoms with van der Waals surface area (Å²) in [6.07, 6.45) is 1.28. The molecule has 12 heavy (non-hydrogen) atoms. The van der Waals surface area contributed by atoms with E-state index in [-0.39, 0.29) is 11.6 Å². The van der Waals surface area contributed by atoms with Gasteiger partial charge < -0.3 is 0 Å². The predicted molar refractivity (Wildman–Crippen MR) is 46.8 cm³/mol. The zero-order chi connectivity index (χ0) is 9.57. The van der Waals surface area contributed by atoms with Crippen LogP contribution in [0.1, 0.15) is 40.5 Å². The average Bonchev–Trinajstić information content (AvgIpc) is 2.15. The van der Waals surface area contributed by atoms with Gasteiger partial charge in [0, 0.05) is 17.3 Å². The smallest absolute Gasteiger partial charge is 0.139 e. The number of Topliss-reactive ketones (excluding diaryl/α,β-unsaturated/α-hetero) is 2. The summed E-state index contributed by atoms with van der Waals surface area (Å²) in [5, 5.41) is 0. The third kappa shape index (κ3) is 0.936. The van der Waals surface area contributed by atoms with Crippen LogP contribution in [0, 0.1) is 10.8 Å². The molecule has 1 rings (SSSR count). The quantitative estimate of drug-likeness (QED) is 0.600. The lowest BCUT2D eigenvalue weighted by Crippen LogP contribution is -2.39. The summed E-state index contributed by atoms with van der Waals surface area (Å²) in [7, 11) is 0. The molecular formula is C10H16O2. The maximum atomic E-state index is 11.5. The molecule has 0 amide bonds. The Hall–Kier alpha value is -0.660. The van der Waals surface area contributed by atoms with Gasteiger partial charge in [-0.3, -0.25) is 9.59 Å². The second kappa shape index (κ2) is 2.41. The summed E-state index contributed by atoms with van der Waals surface area (Å²) in [6, 6.07) is 0. The maximum absolute atomic E-state index is 11.5. The Morgan fingerprint density at radius 1 is 1.33 bits per heavy atom. The van der Waals surface area contributed by atoms with Crippen molar-refractivity contribution in [1.29, 1.82) is 0 Å². The molecular weight excluding hydrogens is 152 g/mol. The van der Waals surface area contributed by atoms with Gasteiger partial charge in [0.15, 0.2) is 0 Å². The first-order valence-electron chi connectivity index (χ1n) is 4.37. The van der Waals surface area contributed by atoms with Crippen molar-refractivity contribution in [3.63, 3.8) is 0 Å². The van der Waals surface area contributed by atoms with Crippen molar-refractivity contribution in [2.75, 3.05) is 0 Å². The second-order valence-corrected chi connectivity index (χ2v) is 4.44. The lowest BCUT2D eigenvalue weighted by molar-refractivity contribution is -0.137. The van der Waals surface area contributed by atoms with Crippen molar-refractivity contribution in [2.45, 2.75) is 40.5 Å². The van der Waals surface area contributed by atoms with E-state index in [1.54, 1.807) is 6.92 Å². The van der Waals surface area contributed by atoms with Crippen LogP contribution in [0.3, 0.4) is 0 Å². The summed E-state index contributed by atoms with van der Waals surface area (Å²) >= 11 is 0. The molecule has 1 aliphatic rings. The van der Waals surface area contributed by atoms with E-state index in [0.717, 1.165) is 0 Å². The van der Waals surface area contributed by atoms with Gasteiger partial charge in [0.05, 0.1) is 0 Å². The summed E-state index contributed by atoms with van der Waals surface area (Å²) < 4.78 is 0. The van der Waals surface area contributed by atoms with E-state index >= 15 is 0 Å². The molecule has 0 aromatic heterocycles. The molecule has 2 heteroatoms. The fourth-order valence-electron chi connectivity index (χ4n) is 1.91. The van der Waals surface area contributed by atoms with Gasteiger partial charge in [-0.1, -0.05) is 20.8 Å². The molecule has 0 heterocycles. The Kier molecular flexibility index (Phi) is 1.89. The minimum Gasteiger partial charge on any atom is -0.299 e. The highest BCUT2D eigenvalue weighted by Gasteiger charge is 2.53. The average molecular weight is 168 g/mol. The maximum Gasteiger partial charge on any atom is 0.139 e. The van der Waals surface area contributed by atoms with Crippen LogP contribution in [-0.2, 0) is 9.59 Å². The number of carbonyl (C=O) groups is 2. The van der Waals surface area contributed by atoms with E-state index in [2.05, 4.69) is 0 Å². The molecule has 0 saturated heterocycles. The van der Waals surface area contributed by atoms with Gasteiger partial charge in [0.25, 0.3) is 0 Å². The van der Waals surface area contributed by atoms with Gasteiger partial charge in [-0.25, -0.2) is 0 Å². The molecule has 68 valence electrons. The summed E-state index contributed by atoms with van der Waals surface area (Å²) in [4.78, 5) is 22.8. The number of rotatable bonds is 1. The van der Waals surface area contributed by atoms with E-state index in [4.69, 9.17) is 0 Å². The van der Waals surface area contributed by atoms with Gasteiger partial charge in [-0.15, -0.1) is 0 Å². The van der Waals surface area contributed by atoms with Crippen molar-refractivity contribution in [1.82, 2.24) is 0 Å². The third-order valence-corrected chi connectivity index (χ3v) is 3.71. The van der Waals surface area contributed by atoms with Crippen LogP contribution >= 0.6 is 0 Å². The molecule has 1 saturated carbocycles. The van der Waals surface area contributed by atoms with Crippen LogP contribution in [-0.4, -0.2) is 11.6 Å². The first kappa shape index (κ1) is 9.43. The van der Waals surface area contributed by atoms with E-state index in [9.17, 15) is 9.59 Å². The van der Waals surface area contributed by atoms with Crippen LogP contribution in [0.5, 0.6) is 0 Å². The second-order valence-electron chi connectivity index (χ2n) is 4.44. The molecule has 0 radical (unpaired) electrons. The molecule has 0 bridgehead atoms. The number of hydrogen-bond donors (Lipinski definition) is 0. The molecule has 1 fully saturated rings.